The molecule has 2 saturated heterocycles. The topological polar surface area (TPSA) is 90.9 Å². The molecule has 1 N–H and O–H groups in total. The average molecular weight is 348 g/mol. The lowest BCUT2D eigenvalue weighted by molar-refractivity contribution is -0.132. The third-order valence-electron chi connectivity index (χ3n) is 4.31. The summed E-state index contributed by atoms with van der Waals surface area (Å²) in [5.74, 6) is 2.37. The van der Waals surface area contributed by atoms with Crippen LogP contribution in [-0.2, 0) is 9.53 Å². The smallest absolute Gasteiger partial charge is 0.410 e. The van der Waals surface area contributed by atoms with E-state index in [9.17, 15) is 9.59 Å². The normalized spacial score (nSPS) is 17.7. The maximum absolute atomic E-state index is 12.4. The molecule has 0 aliphatic carbocycles. The Labute approximate surface area is 147 Å². The van der Waals surface area contributed by atoms with E-state index in [1.54, 1.807) is 4.90 Å². The molecule has 0 aromatic carbocycles. The van der Waals surface area contributed by atoms with Crippen molar-refractivity contribution in [3.8, 4) is 0 Å². The highest BCUT2D eigenvalue weighted by Crippen LogP contribution is 2.18. The van der Waals surface area contributed by atoms with Crippen LogP contribution in [0.5, 0.6) is 0 Å². The number of hydrogen-bond donors (Lipinski definition) is 1. The Bertz CT molecular complexity index is 645. The molecular formula is C16H24N6O3. The van der Waals surface area contributed by atoms with Gasteiger partial charge in [0.15, 0.2) is 0 Å². The summed E-state index contributed by atoms with van der Waals surface area (Å²) in [4.78, 5) is 38.1. The fourth-order valence-corrected chi connectivity index (χ4v) is 3.00. The van der Waals surface area contributed by atoms with E-state index < -0.39 is 6.09 Å². The Morgan fingerprint density at radius 1 is 1.24 bits per heavy atom. The molecule has 0 saturated carbocycles. The zero-order valence-corrected chi connectivity index (χ0v) is 14.7. The summed E-state index contributed by atoms with van der Waals surface area (Å²) in [6.07, 6.45) is -0.403. The summed E-state index contributed by atoms with van der Waals surface area (Å²) in [5.41, 5.74) is 0. The van der Waals surface area contributed by atoms with E-state index >= 15 is 0 Å². The van der Waals surface area contributed by atoms with Gasteiger partial charge in [-0.2, -0.15) is 0 Å². The number of anilines is 2. The van der Waals surface area contributed by atoms with E-state index in [0.29, 0.717) is 39.3 Å². The molecule has 2 amide bonds. The third-order valence-corrected chi connectivity index (χ3v) is 4.31. The van der Waals surface area contributed by atoms with E-state index in [1.165, 1.54) is 4.90 Å². The monoisotopic (exact) mass is 348 g/mol. The number of aromatic nitrogens is 2. The Hall–Kier alpha value is -2.58. The van der Waals surface area contributed by atoms with Gasteiger partial charge in [0.2, 0.25) is 5.91 Å². The van der Waals surface area contributed by atoms with Crippen LogP contribution in [0.1, 0.15) is 12.7 Å². The molecule has 0 radical (unpaired) electrons. The number of nitrogens with zero attached hydrogens (tertiary/aromatic N) is 5. The third kappa shape index (κ3) is 4.09. The maximum Gasteiger partial charge on any atom is 0.410 e. The quantitative estimate of drug-likeness (QED) is 0.819. The predicted octanol–water partition coefficient (Wildman–Crippen LogP) is 0.318. The van der Waals surface area contributed by atoms with Gasteiger partial charge < -0.3 is 19.9 Å². The molecule has 25 heavy (non-hydrogen) atoms. The second-order valence-corrected chi connectivity index (χ2v) is 6.09. The molecule has 9 nitrogen and oxygen atoms in total. The molecule has 0 bridgehead atoms. The summed E-state index contributed by atoms with van der Waals surface area (Å²) in [7, 11) is 0. The average Bonchev–Trinajstić information content (AvgIpc) is 2.99. The minimum Gasteiger partial charge on any atom is -0.448 e. The van der Waals surface area contributed by atoms with E-state index in [1.807, 2.05) is 19.9 Å². The molecule has 1 aromatic rings. The van der Waals surface area contributed by atoms with E-state index in [0.717, 1.165) is 24.0 Å². The number of aryl methyl sites for hydroxylation is 1. The fourth-order valence-electron chi connectivity index (χ4n) is 3.00. The van der Waals surface area contributed by atoms with Gasteiger partial charge in [0, 0.05) is 38.8 Å². The molecule has 2 fully saturated rings. The van der Waals surface area contributed by atoms with E-state index in [2.05, 4.69) is 20.2 Å². The van der Waals surface area contributed by atoms with Crippen molar-refractivity contribution in [3.05, 3.63) is 11.9 Å². The van der Waals surface area contributed by atoms with Crippen molar-refractivity contribution in [2.75, 3.05) is 62.6 Å². The molecule has 2 aliphatic heterocycles. The number of carbonyl (C=O) groups excluding carboxylic acids is 2. The zero-order chi connectivity index (χ0) is 17.8. The lowest BCUT2D eigenvalue weighted by atomic mass is 10.3. The number of piperazine rings is 1. The van der Waals surface area contributed by atoms with Crippen molar-refractivity contribution in [3.63, 3.8) is 0 Å². The van der Waals surface area contributed by atoms with Crippen LogP contribution in [0.2, 0.25) is 0 Å². The molecule has 1 aromatic heterocycles. The van der Waals surface area contributed by atoms with Gasteiger partial charge in [0.1, 0.15) is 30.6 Å². The Morgan fingerprint density at radius 2 is 2.00 bits per heavy atom. The second kappa shape index (κ2) is 7.54. The maximum atomic E-state index is 12.4. The highest BCUT2D eigenvalue weighted by Gasteiger charge is 2.28. The van der Waals surface area contributed by atoms with Gasteiger partial charge in [-0.05, 0) is 13.8 Å². The van der Waals surface area contributed by atoms with Gasteiger partial charge in [0.25, 0.3) is 0 Å². The van der Waals surface area contributed by atoms with E-state index in [-0.39, 0.29) is 12.5 Å². The van der Waals surface area contributed by atoms with E-state index in [4.69, 9.17) is 4.74 Å². The van der Waals surface area contributed by atoms with Gasteiger partial charge in [-0.15, -0.1) is 0 Å². The number of nitrogens with one attached hydrogen (secondary N) is 1. The van der Waals surface area contributed by atoms with Crippen molar-refractivity contribution in [2.45, 2.75) is 13.8 Å². The van der Waals surface area contributed by atoms with Crippen molar-refractivity contribution >= 4 is 23.6 Å². The zero-order valence-electron chi connectivity index (χ0n) is 14.7. The Morgan fingerprint density at radius 3 is 2.64 bits per heavy atom. The summed E-state index contributed by atoms with van der Waals surface area (Å²) >= 11 is 0. The lowest BCUT2D eigenvalue weighted by Crippen LogP contribution is -2.51. The van der Waals surface area contributed by atoms with Crippen molar-refractivity contribution in [2.24, 2.45) is 0 Å². The molecule has 3 heterocycles. The molecule has 0 atom stereocenters. The van der Waals surface area contributed by atoms with Gasteiger partial charge in [-0.3, -0.25) is 9.69 Å². The SMILES string of the molecule is CCNc1cc(N2CCN(C(=O)CN3CCOC3=O)CC2)nc(C)n1. The van der Waals surface area contributed by atoms with Crippen molar-refractivity contribution < 1.29 is 14.3 Å². The first-order valence-electron chi connectivity index (χ1n) is 8.61. The summed E-state index contributed by atoms with van der Waals surface area (Å²) in [5, 5.41) is 3.21. The number of rotatable bonds is 5. The number of cyclic esters (lactones) is 1. The summed E-state index contributed by atoms with van der Waals surface area (Å²) < 4.78 is 4.86. The Kier molecular flexibility index (Phi) is 5.20. The first-order valence-corrected chi connectivity index (χ1v) is 8.61. The first kappa shape index (κ1) is 17.2. The van der Waals surface area contributed by atoms with Crippen LogP contribution in [0.15, 0.2) is 6.07 Å². The van der Waals surface area contributed by atoms with Crippen LogP contribution in [0.3, 0.4) is 0 Å². The molecule has 9 heteroatoms. The van der Waals surface area contributed by atoms with Crippen molar-refractivity contribution in [1.82, 2.24) is 19.8 Å². The van der Waals surface area contributed by atoms with Gasteiger partial charge >= 0.3 is 6.09 Å². The molecule has 3 rings (SSSR count). The summed E-state index contributed by atoms with van der Waals surface area (Å²) in [6, 6.07) is 1.94. The molecule has 0 spiro atoms. The van der Waals surface area contributed by atoms with Crippen LogP contribution in [0.4, 0.5) is 16.4 Å². The molecule has 136 valence electrons. The van der Waals surface area contributed by atoms with Crippen LogP contribution in [0, 0.1) is 6.92 Å². The van der Waals surface area contributed by atoms with Gasteiger partial charge in [-0.1, -0.05) is 0 Å². The molecule has 2 aliphatic rings. The molecular weight excluding hydrogens is 324 g/mol. The summed E-state index contributed by atoms with van der Waals surface area (Å²) in [6.45, 7) is 8.28. The van der Waals surface area contributed by atoms with Gasteiger partial charge in [0.05, 0.1) is 6.54 Å². The first-order chi connectivity index (χ1) is 12.1. The van der Waals surface area contributed by atoms with Gasteiger partial charge in [-0.25, -0.2) is 14.8 Å². The standard InChI is InChI=1S/C16H24N6O3/c1-3-17-13-10-14(19-12(2)18-13)20-4-6-21(7-5-20)15(23)11-22-8-9-25-16(22)24/h10H,3-9,11H2,1-2H3,(H,17,18,19). The van der Waals surface area contributed by atoms with Crippen LogP contribution in [0.25, 0.3) is 0 Å². The second-order valence-electron chi connectivity index (χ2n) is 6.09. The Balaban J connectivity index is 1.56. The highest BCUT2D eigenvalue weighted by atomic mass is 16.6. The largest absolute Gasteiger partial charge is 0.448 e. The number of carbonyl (C=O) groups is 2. The van der Waals surface area contributed by atoms with Crippen LogP contribution < -0.4 is 10.2 Å². The molecule has 0 unspecified atom stereocenters. The highest BCUT2D eigenvalue weighted by molar-refractivity contribution is 5.83. The number of ether oxygens (including phenoxy) is 1. The number of amides is 2. The van der Waals surface area contributed by atoms with Crippen LogP contribution in [-0.4, -0.2) is 84.2 Å². The minimum atomic E-state index is -0.403. The predicted molar refractivity (Wildman–Crippen MR) is 92.6 cm³/mol. The van der Waals surface area contributed by atoms with Crippen LogP contribution >= 0.6 is 0 Å². The number of hydrogen-bond acceptors (Lipinski definition) is 7. The lowest BCUT2D eigenvalue weighted by Gasteiger charge is -2.36. The fraction of sp³-hybridized carbons (Fsp3) is 0.625. The van der Waals surface area contributed by atoms with Crippen molar-refractivity contribution in [1.29, 1.82) is 0 Å². The minimum absolute atomic E-state index is 0.0364.